The van der Waals surface area contributed by atoms with Gasteiger partial charge in [0.25, 0.3) is 0 Å². The van der Waals surface area contributed by atoms with Gasteiger partial charge in [0, 0.05) is 0 Å². The number of sulfone groups is 1. The third-order valence-corrected chi connectivity index (χ3v) is 4.98. The maximum Gasteiger partial charge on any atom is 0.335 e. The number of benzene rings is 1. The zero-order chi connectivity index (χ0) is 14.6. The van der Waals surface area contributed by atoms with Gasteiger partial charge in [0.1, 0.15) is 0 Å². The van der Waals surface area contributed by atoms with Gasteiger partial charge >= 0.3 is 5.97 Å². The molecule has 19 heavy (non-hydrogen) atoms. The fourth-order valence-corrected chi connectivity index (χ4v) is 3.60. The summed E-state index contributed by atoms with van der Waals surface area (Å²) in [5.74, 6) is -0.576. The third kappa shape index (κ3) is 4.06. The van der Waals surface area contributed by atoms with Gasteiger partial charge in [-0.1, -0.05) is 19.9 Å². The Labute approximate surface area is 114 Å². The second-order valence-corrected chi connectivity index (χ2v) is 7.17. The Kier molecular flexibility index (Phi) is 5.11. The minimum Gasteiger partial charge on any atom is -0.478 e. The Morgan fingerprint density at radius 3 is 2.47 bits per heavy atom. The molecule has 0 aliphatic carbocycles. The van der Waals surface area contributed by atoms with Crippen molar-refractivity contribution in [2.24, 2.45) is 5.92 Å². The highest BCUT2D eigenvalue weighted by atomic mass is 32.2. The molecule has 0 aromatic heterocycles. The van der Waals surface area contributed by atoms with Gasteiger partial charge in [-0.25, -0.2) is 13.2 Å². The van der Waals surface area contributed by atoms with Crippen molar-refractivity contribution >= 4 is 15.8 Å². The first-order valence-corrected chi connectivity index (χ1v) is 7.96. The predicted molar refractivity (Wildman–Crippen MR) is 74.3 cm³/mol. The zero-order valence-corrected chi connectivity index (χ0v) is 12.3. The number of carboxylic acids is 1. The Morgan fingerprint density at radius 1 is 1.32 bits per heavy atom. The van der Waals surface area contributed by atoms with Crippen molar-refractivity contribution < 1.29 is 18.3 Å². The molecule has 106 valence electrons. The van der Waals surface area contributed by atoms with Crippen molar-refractivity contribution in [1.82, 2.24) is 0 Å². The largest absolute Gasteiger partial charge is 0.478 e. The minimum atomic E-state index is -3.41. The van der Waals surface area contributed by atoms with Crippen LogP contribution in [0, 0.1) is 12.8 Å². The average Bonchev–Trinajstić information content (AvgIpc) is 2.27. The SMILES string of the molecule is Cc1c(C(=O)O)cccc1S(=O)(=O)CCCC(C)C. The Hall–Kier alpha value is -1.36. The molecule has 5 heteroatoms. The molecule has 0 fully saturated rings. The van der Waals surface area contributed by atoms with E-state index in [-0.39, 0.29) is 16.2 Å². The van der Waals surface area contributed by atoms with Gasteiger partial charge in [-0.15, -0.1) is 0 Å². The van der Waals surface area contributed by atoms with Crippen LogP contribution >= 0.6 is 0 Å². The van der Waals surface area contributed by atoms with Crippen LogP contribution in [0.3, 0.4) is 0 Å². The maximum atomic E-state index is 12.2. The van der Waals surface area contributed by atoms with Gasteiger partial charge in [0.05, 0.1) is 16.2 Å². The van der Waals surface area contributed by atoms with E-state index in [0.717, 1.165) is 6.42 Å². The molecular formula is C14H20O4S. The maximum absolute atomic E-state index is 12.2. The number of hydrogen-bond acceptors (Lipinski definition) is 3. The van der Waals surface area contributed by atoms with Crippen molar-refractivity contribution in [3.05, 3.63) is 29.3 Å². The summed E-state index contributed by atoms with van der Waals surface area (Å²) in [6.07, 6.45) is 1.44. The lowest BCUT2D eigenvalue weighted by atomic mass is 10.1. The van der Waals surface area contributed by atoms with Crippen molar-refractivity contribution in [1.29, 1.82) is 0 Å². The molecule has 0 radical (unpaired) electrons. The first kappa shape index (κ1) is 15.7. The first-order chi connectivity index (χ1) is 8.75. The van der Waals surface area contributed by atoms with Gasteiger partial charge in [0.2, 0.25) is 0 Å². The highest BCUT2D eigenvalue weighted by molar-refractivity contribution is 7.91. The smallest absolute Gasteiger partial charge is 0.335 e. The molecule has 1 aromatic rings. The lowest BCUT2D eigenvalue weighted by molar-refractivity contribution is 0.0696. The normalized spacial score (nSPS) is 11.8. The molecule has 0 aliphatic heterocycles. The van der Waals surface area contributed by atoms with Crippen LogP contribution < -0.4 is 0 Å². The van der Waals surface area contributed by atoms with E-state index in [4.69, 9.17) is 5.11 Å². The van der Waals surface area contributed by atoms with Crippen LogP contribution in [0.25, 0.3) is 0 Å². The monoisotopic (exact) mass is 284 g/mol. The van der Waals surface area contributed by atoms with Crippen LogP contribution in [0.5, 0.6) is 0 Å². The Balaban J connectivity index is 3.02. The highest BCUT2D eigenvalue weighted by Crippen LogP contribution is 2.21. The van der Waals surface area contributed by atoms with Crippen LogP contribution in [0.15, 0.2) is 23.1 Å². The number of rotatable bonds is 6. The molecule has 0 atom stereocenters. The summed E-state index contributed by atoms with van der Waals surface area (Å²) >= 11 is 0. The molecule has 4 nitrogen and oxygen atoms in total. The van der Waals surface area contributed by atoms with Crippen LogP contribution in [-0.4, -0.2) is 25.2 Å². The molecule has 1 aromatic carbocycles. The van der Waals surface area contributed by atoms with Crippen LogP contribution in [0.1, 0.15) is 42.6 Å². The Bertz CT molecular complexity index is 559. The quantitative estimate of drug-likeness (QED) is 0.872. The predicted octanol–water partition coefficient (Wildman–Crippen LogP) is 2.90. The van der Waals surface area contributed by atoms with Gasteiger partial charge in [0.15, 0.2) is 9.84 Å². The van der Waals surface area contributed by atoms with Crippen LogP contribution in [-0.2, 0) is 9.84 Å². The van der Waals surface area contributed by atoms with Crippen LogP contribution in [0.4, 0.5) is 0 Å². The molecule has 0 bridgehead atoms. The van der Waals surface area contributed by atoms with E-state index in [1.54, 1.807) is 6.92 Å². The van der Waals surface area contributed by atoms with E-state index >= 15 is 0 Å². The lowest BCUT2D eigenvalue weighted by Crippen LogP contribution is -2.12. The van der Waals surface area contributed by atoms with Crippen LogP contribution in [0.2, 0.25) is 0 Å². The highest BCUT2D eigenvalue weighted by Gasteiger charge is 2.20. The fourth-order valence-electron chi connectivity index (χ4n) is 1.97. The van der Waals surface area contributed by atoms with E-state index in [9.17, 15) is 13.2 Å². The molecule has 0 saturated carbocycles. The molecule has 0 amide bonds. The molecule has 1 N–H and O–H groups in total. The van der Waals surface area contributed by atoms with Gasteiger partial charge in [-0.3, -0.25) is 0 Å². The van der Waals surface area contributed by atoms with E-state index in [1.807, 2.05) is 13.8 Å². The summed E-state index contributed by atoms with van der Waals surface area (Å²) in [6, 6.07) is 4.38. The van der Waals surface area contributed by atoms with Crippen molar-refractivity contribution in [3.8, 4) is 0 Å². The molecular weight excluding hydrogens is 264 g/mol. The summed E-state index contributed by atoms with van der Waals surface area (Å²) in [4.78, 5) is 11.1. The van der Waals surface area contributed by atoms with E-state index in [1.165, 1.54) is 18.2 Å². The fraction of sp³-hybridized carbons (Fsp3) is 0.500. The molecule has 0 heterocycles. The average molecular weight is 284 g/mol. The molecule has 0 aliphatic rings. The van der Waals surface area contributed by atoms with Gasteiger partial charge in [-0.2, -0.15) is 0 Å². The third-order valence-electron chi connectivity index (χ3n) is 3.04. The van der Waals surface area contributed by atoms with E-state index in [0.29, 0.717) is 17.9 Å². The standard InChI is InChI=1S/C14H20O4S/c1-10(2)6-5-9-19(17,18)13-8-4-7-12(11(13)3)14(15)16/h4,7-8,10H,5-6,9H2,1-3H3,(H,15,16). The first-order valence-electron chi connectivity index (χ1n) is 6.31. The van der Waals surface area contributed by atoms with Gasteiger partial charge < -0.3 is 5.11 Å². The lowest BCUT2D eigenvalue weighted by Gasteiger charge is -2.10. The zero-order valence-electron chi connectivity index (χ0n) is 11.5. The van der Waals surface area contributed by atoms with Gasteiger partial charge in [-0.05, 0) is 43.4 Å². The Morgan fingerprint density at radius 2 is 1.95 bits per heavy atom. The molecule has 0 spiro atoms. The van der Waals surface area contributed by atoms with Crippen molar-refractivity contribution in [2.45, 2.75) is 38.5 Å². The minimum absolute atomic E-state index is 0.0462. The second-order valence-electron chi connectivity index (χ2n) is 5.09. The molecule has 0 unspecified atom stereocenters. The van der Waals surface area contributed by atoms with E-state index in [2.05, 4.69) is 0 Å². The van der Waals surface area contributed by atoms with Crippen molar-refractivity contribution in [3.63, 3.8) is 0 Å². The number of carboxylic acid groups (broad SMARTS) is 1. The summed E-state index contributed by atoms with van der Waals surface area (Å²) in [5.41, 5.74) is 0.365. The summed E-state index contributed by atoms with van der Waals surface area (Å²) in [6.45, 7) is 5.63. The molecule has 0 saturated heterocycles. The number of hydrogen-bond donors (Lipinski definition) is 1. The van der Waals surface area contributed by atoms with E-state index < -0.39 is 15.8 Å². The summed E-state index contributed by atoms with van der Waals surface area (Å²) in [7, 11) is -3.41. The summed E-state index contributed by atoms with van der Waals surface area (Å²) in [5, 5.41) is 9.01. The summed E-state index contributed by atoms with van der Waals surface area (Å²) < 4.78 is 24.4. The topological polar surface area (TPSA) is 71.4 Å². The molecule has 1 rings (SSSR count). The van der Waals surface area contributed by atoms with Crippen molar-refractivity contribution in [2.75, 3.05) is 5.75 Å². The number of aromatic carboxylic acids is 1. The number of carbonyl (C=O) groups is 1. The second kappa shape index (κ2) is 6.19.